The first-order chi connectivity index (χ1) is 17.6. The van der Waals surface area contributed by atoms with Gasteiger partial charge in [-0.15, -0.1) is 0 Å². The lowest BCUT2D eigenvalue weighted by atomic mass is 9.80. The van der Waals surface area contributed by atoms with Crippen LogP contribution in [0.15, 0.2) is 36.8 Å². The minimum atomic E-state index is -0.189. The summed E-state index contributed by atoms with van der Waals surface area (Å²) in [6.45, 7) is 0.789. The van der Waals surface area contributed by atoms with Crippen LogP contribution in [-0.2, 0) is 9.47 Å². The van der Waals surface area contributed by atoms with Gasteiger partial charge in [0.15, 0.2) is 5.65 Å². The Kier molecular flexibility index (Phi) is 5.85. The highest BCUT2D eigenvalue weighted by Crippen LogP contribution is 2.42. The molecular weight excluding hydrogens is 458 g/mol. The highest BCUT2D eigenvalue weighted by Gasteiger charge is 2.34. The Labute approximate surface area is 209 Å². The predicted molar refractivity (Wildman–Crippen MR) is 136 cm³/mol. The summed E-state index contributed by atoms with van der Waals surface area (Å²) in [7, 11) is 5.27. The van der Waals surface area contributed by atoms with Gasteiger partial charge in [0.1, 0.15) is 17.0 Å². The summed E-state index contributed by atoms with van der Waals surface area (Å²) < 4.78 is 14.7. The van der Waals surface area contributed by atoms with Crippen LogP contribution in [0, 0.1) is 5.92 Å². The molecule has 0 aromatic carbocycles. The van der Waals surface area contributed by atoms with E-state index in [2.05, 4.69) is 32.6 Å². The lowest BCUT2D eigenvalue weighted by molar-refractivity contribution is 0.00732. The molecule has 0 spiro atoms. The molecule has 2 aliphatic carbocycles. The first-order valence-electron chi connectivity index (χ1n) is 12.5. The Bertz CT molecular complexity index is 1420. The number of anilines is 1. The lowest BCUT2D eigenvalue weighted by Crippen LogP contribution is -2.51. The summed E-state index contributed by atoms with van der Waals surface area (Å²) >= 11 is 0. The smallest absolute Gasteiger partial charge is 0.257 e. The van der Waals surface area contributed by atoms with Gasteiger partial charge in [-0.1, -0.05) is 0 Å². The van der Waals surface area contributed by atoms with Crippen molar-refractivity contribution in [1.82, 2.24) is 29.5 Å². The summed E-state index contributed by atoms with van der Waals surface area (Å²) in [6.07, 6.45) is 9.61. The number of methoxy groups -OCH3 is 2. The molecule has 0 saturated heterocycles. The van der Waals surface area contributed by atoms with Crippen LogP contribution in [0.4, 0.5) is 5.82 Å². The molecule has 2 aliphatic rings. The van der Waals surface area contributed by atoms with Gasteiger partial charge in [-0.3, -0.25) is 4.79 Å². The third-order valence-corrected chi connectivity index (χ3v) is 7.67. The Hall–Kier alpha value is -3.50. The van der Waals surface area contributed by atoms with E-state index >= 15 is 0 Å². The number of carbonyl (C=O) groups is 1. The molecular formula is C26H31N7O3. The molecule has 0 radical (unpaired) electrons. The van der Waals surface area contributed by atoms with Crippen molar-refractivity contribution in [2.45, 2.75) is 43.9 Å². The van der Waals surface area contributed by atoms with Gasteiger partial charge in [0, 0.05) is 63.3 Å². The molecule has 1 amide bonds. The lowest BCUT2D eigenvalue weighted by Gasteiger charge is -2.36. The summed E-state index contributed by atoms with van der Waals surface area (Å²) in [5.41, 5.74) is 3.65. The van der Waals surface area contributed by atoms with Crippen LogP contribution in [0.2, 0.25) is 0 Å². The Morgan fingerprint density at radius 3 is 2.81 bits per heavy atom. The molecule has 36 heavy (non-hydrogen) atoms. The van der Waals surface area contributed by atoms with Crippen molar-refractivity contribution >= 4 is 28.4 Å². The molecule has 2 atom stereocenters. The number of carbonyl (C=O) groups excluding carboxylic acids is 1. The molecule has 0 aliphatic heterocycles. The van der Waals surface area contributed by atoms with E-state index in [-0.39, 0.29) is 18.1 Å². The number of rotatable bonds is 8. The molecule has 10 heteroatoms. The van der Waals surface area contributed by atoms with E-state index in [1.165, 1.54) is 0 Å². The topological polar surface area (TPSA) is 108 Å². The van der Waals surface area contributed by atoms with Crippen molar-refractivity contribution < 1.29 is 14.3 Å². The summed E-state index contributed by atoms with van der Waals surface area (Å²) in [4.78, 5) is 22.8. The fourth-order valence-corrected chi connectivity index (χ4v) is 5.47. The molecule has 2 fully saturated rings. The van der Waals surface area contributed by atoms with Gasteiger partial charge in [0.2, 0.25) is 0 Å². The third kappa shape index (κ3) is 3.72. The average molecular weight is 490 g/mol. The highest BCUT2D eigenvalue weighted by molar-refractivity contribution is 6.01. The Balaban J connectivity index is 1.40. The Morgan fingerprint density at radius 1 is 1.22 bits per heavy atom. The van der Waals surface area contributed by atoms with Crippen molar-refractivity contribution in [1.29, 1.82) is 0 Å². The molecule has 188 valence electrons. The molecule has 2 N–H and O–H groups in total. The maximum absolute atomic E-state index is 13.2. The number of fused-ring (bicyclic) bond motifs is 2. The van der Waals surface area contributed by atoms with Gasteiger partial charge in [0.25, 0.3) is 5.91 Å². The monoisotopic (exact) mass is 489 g/mol. The molecule has 6 rings (SSSR count). The van der Waals surface area contributed by atoms with Crippen molar-refractivity contribution in [2.24, 2.45) is 5.92 Å². The fourth-order valence-electron chi connectivity index (χ4n) is 5.47. The average Bonchev–Trinajstić information content (AvgIpc) is 3.45. The number of hydrogen-bond donors (Lipinski definition) is 2. The molecule has 2 saturated carbocycles. The molecule has 4 aromatic heterocycles. The number of nitrogens with one attached hydrogen (secondary N) is 2. The normalized spacial score (nSPS) is 23.4. The third-order valence-electron chi connectivity index (χ3n) is 7.67. The largest absolute Gasteiger partial charge is 0.384 e. The van der Waals surface area contributed by atoms with Crippen LogP contribution in [0.3, 0.4) is 0 Å². The van der Waals surface area contributed by atoms with Crippen molar-refractivity contribution in [3.8, 4) is 11.3 Å². The predicted octanol–water partition coefficient (Wildman–Crippen LogP) is 3.29. The van der Waals surface area contributed by atoms with Gasteiger partial charge < -0.3 is 24.7 Å². The van der Waals surface area contributed by atoms with Crippen molar-refractivity contribution in [2.75, 3.05) is 33.2 Å². The summed E-state index contributed by atoms with van der Waals surface area (Å²) in [5, 5.41) is 11.8. The summed E-state index contributed by atoms with van der Waals surface area (Å²) in [6, 6.07) is 6.39. The standard InChI is InChI=1S/C26H31N7O3/c1-27-23-11-21(30-25-18(12-29-33(23)25)26(34)31-20-6-7-22(20)36-3)19-13-32(16-9-15(10-16)14-35-2)24-17(19)5-4-8-28-24/h4-5,8,11-13,15-16,20,22,27H,6-7,9-10,14H2,1-3H3,(H,31,34)/t15?,16?,20-,22-/m1/s1. The van der Waals surface area contributed by atoms with Gasteiger partial charge in [-0.05, 0) is 43.7 Å². The molecule has 4 aromatic rings. The van der Waals surface area contributed by atoms with Gasteiger partial charge >= 0.3 is 0 Å². The number of ether oxygens (including phenoxy) is 2. The minimum absolute atomic E-state index is 0.0119. The van der Waals surface area contributed by atoms with E-state index in [0.29, 0.717) is 23.2 Å². The second kappa shape index (κ2) is 9.18. The maximum atomic E-state index is 13.2. The fraction of sp³-hybridized carbons (Fsp3) is 0.462. The van der Waals surface area contributed by atoms with E-state index in [1.807, 2.05) is 25.4 Å². The van der Waals surface area contributed by atoms with Crippen LogP contribution in [0.1, 0.15) is 42.1 Å². The zero-order valence-corrected chi connectivity index (χ0v) is 20.8. The second-order valence-corrected chi connectivity index (χ2v) is 9.77. The first-order valence-corrected chi connectivity index (χ1v) is 12.5. The number of pyridine rings is 1. The molecule has 0 unspecified atom stereocenters. The quantitative estimate of drug-likeness (QED) is 0.391. The van der Waals surface area contributed by atoms with Crippen molar-refractivity contribution in [3.63, 3.8) is 0 Å². The zero-order valence-electron chi connectivity index (χ0n) is 20.8. The maximum Gasteiger partial charge on any atom is 0.257 e. The molecule has 10 nitrogen and oxygen atoms in total. The van der Waals surface area contributed by atoms with E-state index in [9.17, 15) is 4.79 Å². The summed E-state index contributed by atoms with van der Waals surface area (Å²) in [5.74, 6) is 1.14. The van der Waals surface area contributed by atoms with Crippen LogP contribution in [0.25, 0.3) is 27.9 Å². The Morgan fingerprint density at radius 2 is 2.08 bits per heavy atom. The number of nitrogens with zero attached hydrogens (tertiary/aromatic N) is 5. The van der Waals surface area contributed by atoms with E-state index in [0.717, 1.165) is 60.4 Å². The zero-order chi connectivity index (χ0) is 24.8. The SMILES string of the molecule is CNc1cc(-c2cn(C3CC(COC)C3)c3ncccc23)nc2c(C(=O)N[C@@H]3CC[C@H]3OC)cnn12. The number of amides is 1. The van der Waals surface area contributed by atoms with Crippen LogP contribution >= 0.6 is 0 Å². The highest BCUT2D eigenvalue weighted by atomic mass is 16.5. The van der Waals surface area contributed by atoms with E-state index in [4.69, 9.17) is 19.4 Å². The van der Waals surface area contributed by atoms with Crippen molar-refractivity contribution in [3.05, 3.63) is 42.4 Å². The van der Waals surface area contributed by atoms with E-state index < -0.39 is 0 Å². The van der Waals surface area contributed by atoms with Gasteiger partial charge in [0.05, 0.1) is 24.0 Å². The van der Waals surface area contributed by atoms with E-state index in [1.54, 1.807) is 24.9 Å². The number of hydrogen-bond acceptors (Lipinski definition) is 7. The molecule has 0 bridgehead atoms. The molecule has 4 heterocycles. The van der Waals surface area contributed by atoms with Gasteiger partial charge in [-0.2, -0.15) is 9.61 Å². The van der Waals surface area contributed by atoms with Crippen LogP contribution in [-0.4, -0.2) is 70.1 Å². The first kappa shape index (κ1) is 22.9. The second-order valence-electron chi connectivity index (χ2n) is 9.77. The minimum Gasteiger partial charge on any atom is -0.384 e. The van der Waals surface area contributed by atoms with Gasteiger partial charge in [-0.25, -0.2) is 9.97 Å². The number of aromatic nitrogens is 5. The van der Waals surface area contributed by atoms with Crippen LogP contribution in [0.5, 0.6) is 0 Å². The van der Waals surface area contributed by atoms with Crippen LogP contribution < -0.4 is 10.6 Å².